The third-order valence-corrected chi connectivity index (χ3v) is 5.07. The molecule has 0 aromatic heterocycles. The van der Waals surface area contributed by atoms with Gasteiger partial charge in [-0.2, -0.15) is 0 Å². The number of carbonyl (C=O) groups is 2. The number of hydrogen-bond donors (Lipinski definition) is 1. The summed E-state index contributed by atoms with van der Waals surface area (Å²) in [6.45, 7) is 5.65. The first kappa shape index (κ1) is 23.5. The van der Waals surface area contributed by atoms with E-state index in [1.807, 2.05) is 32.0 Å². The second-order valence-electron chi connectivity index (χ2n) is 7.08. The molecule has 0 saturated carbocycles. The van der Waals surface area contributed by atoms with E-state index in [9.17, 15) is 9.59 Å². The van der Waals surface area contributed by atoms with Crippen molar-refractivity contribution in [2.45, 2.75) is 45.8 Å². The van der Waals surface area contributed by atoms with Gasteiger partial charge in [0.05, 0.1) is 7.11 Å². The number of nitrogens with zero attached hydrogens (tertiary/aromatic N) is 1. The van der Waals surface area contributed by atoms with Crippen LogP contribution in [-0.4, -0.2) is 42.5 Å². The highest BCUT2D eigenvalue weighted by molar-refractivity contribution is 6.30. The SMILES string of the molecule is CC[C@@H](C)NC(=O)[C@@H](C)N(Cc1cccc(Cl)c1)C(=O)COc1ccccc1OC. The first-order valence-electron chi connectivity index (χ1n) is 9.95. The van der Waals surface area contributed by atoms with Crippen LogP contribution in [0.25, 0.3) is 0 Å². The van der Waals surface area contributed by atoms with Gasteiger partial charge in [0, 0.05) is 17.6 Å². The van der Waals surface area contributed by atoms with Gasteiger partial charge in [-0.3, -0.25) is 9.59 Å². The number of ether oxygens (including phenoxy) is 2. The molecule has 7 heteroatoms. The van der Waals surface area contributed by atoms with E-state index < -0.39 is 6.04 Å². The van der Waals surface area contributed by atoms with E-state index in [4.69, 9.17) is 21.1 Å². The van der Waals surface area contributed by atoms with Crippen molar-refractivity contribution in [3.05, 3.63) is 59.1 Å². The van der Waals surface area contributed by atoms with E-state index in [0.717, 1.165) is 12.0 Å². The predicted molar refractivity (Wildman–Crippen MR) is 118 cm³/mol. The Morgan fingerprint density at radius 3 is 2.43 bits per heavy atom. The summed E-state index contributed by atoms with van der Waals surface area (Å²) in [5.74, 6) is 0.478. The lowest BCUT2D eigenvalue weighted by Crippen LogP contribution is -2.50. The fourth-order valence-corrected chi connectivity index (χ4v) is 3.05. The smallest absolute Gasteiger partial charge is 0.261 e. The van der Waals surface area contributed by atoms with Gasteiger partial charge in [-0.25, -0.2) is 0 Å². The van der Waals surface area contributed by atoms with E-state index in [-0.39, 0.29) is 31.0 Å². The Kier molecular flexibility index (Phi) is 8.99. The largest absolute Gasteiger partial charge is 0.493 e. The number of hydrogen-bond acceptors (Lipinski definition) is 4. The molecular weight excluding hydrogens is 404 g/mol. The maximum atomic E-state index is 13.1. The lowest BCUT2D eigenvalue weighted by molar-refractivity contribution is -0.142. The summed E-state index contributed by atoms with van der Waals surface area (Å²) in [5, 5.41) is 3.51. The van der Waals surface area contributed by atoms with Crippen LogP contribution in [0.2, 0.25) is 5.02 Å². The van der Waals surface area contributed by atoms with Crippen molar-refractivity contribution in [1.82, 2.24) is 10.2 Å². The number of methoxy groups -OCH3 is 1. The Morgan fingerprint density at radius 2 is 1.80 bits per heavy atom. The summed E-state index contributed by atoms with van der Waals surface area (Å²) in [5.41, 5.74) is 0.830. The first-order valence-corrected chi connectivity index (χ1v) is 10.3. The molecule has 6 nitrogen and oxygen atoms in total. The zero-order valence-electron chi connectivity index (χ0n) is 17.9. The molecule has 30 heavy (non-hydrogen) atoms. The molecule has 0 saturated heterocycles. The molecule has 2 aromatic rings. The van der Waals surface area contributed by atoms with Crippen LogP contribution in [0.4, 0.5) is 0 Å². The number of amides is 2. The van der Waals surface area contributed by atoms with Gasteiger partial charge < -0.3 is 19.7 Å². The van der Waals surface area contributed by atoms with Gasteiger partial charge in [-0.1, -0.05) is 42.8 Å². The lowest BCUT2D eigenvalue weighted by atomic mass is 10.1. The maximum absolute atomic E-state index is 13.1. The van der Waals surface area contributed by atoms with Crippen molar-refractivity contribution < 1.29 is 19.1 Å². The van der Waals surface area contributed by atoms with Crippen LogP contribution in [0.1, 0.15) is 32.8 Å². The average molecular weight is 433 g/mol. The summed E-state index contributed by atoms with van der Waals surface area (Å²) in [6, 6.07) is 13.7. The fourth-order valence-electron chi connectivity index (χ4n) is 2.84. The molecule has 0 unspecified atom stereocenters. The first-order chi connectivity index (χ1) is 14.3. The number of halogens is 1. The lowest BCUT2D eigenvalue weighted by Gasteiger charge is -2.29. The number of benzene rings is 2. The minimum absolute atomic E-state index is 0.0212. The Balaban J connectivity index is 2.18. The highest BCUT2D eigenvalue weighted by atomic mass is 35.5. The van der Waals surface area contributed by atoms with Crippen LogP contribution in [0, 0.1) is 0 Å². The van der Waals surface area contributed by atoms with E-state index in [1.165, 1.54) is 12.0 Å². The van der Waals surface area contributed by atoms with Gasteiger partial charge in [0.2, 0.25) is 5.91 Å². The molecule has 0 spiro atoms. The van der Waals surface area contributed by atoms with E-state index >= 15 is 0 Å². The van der Waals surface area contributed by atoms with Crippen LogP contribution in [-0.2, 0) is 16.1 Å². The normalized spacial score (nSPS) is 12.6. The van der Waals surface area contributed by atoms with Crippen molar-refractivity contribution in [2.24, 2.45) is 0 Å². The summed E-state index contributed by atoms with van der Waals surface area (Å²) in [7, 11) is 1.54. The van der Waals surface area contributed by atoms with Gasteiger partial charge in [0.15, 0.2) is 18.1 Å². The molecule has 0 bridgehead atoms. The van der Waals surface area contributed by atoms with Gasteiger partial charge in [0.25, 0.3) is 5.91 Å². The number of para-hydroxylation sites is 2. The Labute approximate surface area is 183 Å². The maximum Gasteiger partial charge on any atom is 0.261 e. The quantitative estimate of drug-likeness (QED) is 0.614. The highest BCUT2D eigenvalue weighted by Crippen LogP contribution is 2.26. The molecule has 0 aliphatic carbocycles. The predicted octanol–water partition coefficient (Wildman–Crippen LogP) is 4.06. The second kappa shape index (κ2) is 11.5. The topological polar surface area (TPSA) is 67.9 Å². The second-order valence-corrected chi connectivity index (χ2v) is 7.52. The summed E-state index contributed by atoms with van der Waals surface area (Å²) < 4.78 is 11.0. The summed E-state index contributed by atoms with van der Waals surface area (Å²) in [6.07, 6.45) is 0.803. The Hall–Kier alpha value is -2.73. The van der Waals surface area contributed by atoms with Crippen LogP contribution in [0.5, 0.6) is 11.5 Å². The average Bonchev–Trinajstić information content (AvgIpc) is 2.75. The summed E-state index contributed by atoms with van der Waals surface area (Å²) >= 11 is 6.09. The van der Waals surface area contributed by atoms with Crippen molar-refractivity contribution in [3.8, 4) is 11.5 Å². The van der Waals surface area contributed by atoms with Gasteiger partial charge in [0.1, 0.15) is 6.04 Å². The van der Waals surface area contributed by atoms with Crippen LogP contribution in [0.15, 0.2) is 48.5 Å². The van der Waals surface area contributed by atoms with Crippen LogP contribution >= 0.6 is 11.6 Å². The molecule has 0 aliphatic rings. The zero-order chi connectivity index (χ0) is 22.1. The van der Waals surface area contributed by atoms with Crippen molar-refractivity contribution >= 4 is 23.4 Å². The zero-order valence-corrected chi connectivity index (χ0v) is 18.6. The van der Waals surface area contributed by atoms with E-state index in [0.29, 0.717) is 16.5 Å². The Morgan fingerprint density at radius 1 is 1.10 bits per heavy atom. The van der Waals surface area contributed by atoms with Crippen LogP contribution in [0.3, 0.4) is 0 Å². The van der Waals surface area contributed by atoms with Crippen molar-refractivity contribution in [3.63, 3.8) is 0 Å². The molecule has 0 aliphatic heterocycles. The van der Waals surface area contributed by atoms with Gasteiger partial charge >= 0.3 is 0 Å². The molecule has 2 amide bonds. The standard InChI is InChI=1S/C23H29ClN2O4/c1-5-16(2)25-23(28)17(3)26(14-18-9-8-10-19(24)13-18)22(27)15-30-21-12-7-6-11-20(21)29-4/h6-13,16-17H,5,14-15H2,1-4H3,(H,25,28)/t16-,17-/m1/s1. The Bertz CT molecular complexity index is 859. The summed E-state index contributed by atoms with van der Waals surface area (Å²) in [4.78, 5) is 27.3. The highest BCUT2D eigenvalue weighted by Gasteiger charge is 2.27. The molecule has 2 rings (SSSR count). The molecule has 1 N–H and O–H groups in total. The number of carbonyl (C=O) groups excluding carboxylic acids is 2. The minimum Gasteiger partial charge on any atom is -0.493 e. The molecule has 0 heterocycles. The number of rotatable bonds is 10. The van der Waals surface area contributed by atoms with Crippen molar-refractivity contribution in [2.75, 3.05) is 13.7 Å². The van der Waals surface area contributed by atoms with Gasteiger partial charge in [-0.05, 0) is 50.1 Å². The van der Waals surface area contributed by atoms with E-state index in [1.54, 1.807) is 37.3 Å². The molecule has 162 valence electrons. The minimum atomic E-state index is -0.674. The third kappa shape index (κ3) is 6.66. The molecule has 0 fully saturated rings. The molecule has 2 aromatic carbocycles. The monoisotopic (exact) mass is 432 g/mol. The molecule has 2 atom stereocenters. The molecule has 0 radical (unpaired) electrons. The molecular formula is C23H29ClN2O4. The van der Waals surface area contributed by atoms with Crippen molar-refractivity contribution in [1.29, 1.82) is 0 Å². The fraction of sp³-hybridized carbons (Fsp3) is 0.391. The third-order valence-electron chi connectivity index (χ3n) is 4.83. The van der Waals surface area contributed by atoms with Gasteiger partial charge in [-0.15, -0.1) is 0 Å². The van der Waals surface area contributed by atoms with E-state index in [2.05, 4.69) is 5.32 Å². The number of nitrogens with one attached hydrogen (secondary N) is 1. The van der Waals surface area contributed by atoms with Crippen LogP contribution < -0.4 is 14.8 Å².